The monoisotopic (exact) mass is 568 g/mol. The zero-order valence-electron chi connectivity index (χ0n) is 24.2. The van der Waals surface area contributed by atoms with Crippen LogP contribution in [0.15, 0.2) is 42.5 Å². The maximum absolute atomic E-state index is 14.2. The van der Waals surface area contributed by atoms with Gasteiger partial charge in [0.05, 0.1) is 20.6 Å². The molecule has 2 heterocycles. The standard InChI is InChI=1S/C31H40N2O8/c1-31(2,19-34)18-33-25-8-6-5-7-24(25)29(21-14-22(39-3)16-23(15-21)40-4)41-26(30(33)38)17-27(35)32-11-9-20(10-12-32)13-28(36)37/h5-8,14-16,20,26,29,34H,9-13,17-19H2,1-4H3,(H,36,37)/t26-,29?/m1/s1. The molecule has 0 bridgehead atoms. The predicted molar refractivity (Wildman–Crippen MR) is 152 cm³/mol. The summed E-state index contributed by atoms with van der Waals surface area (Å²) in [6, 6.07) is 12.9. The van der Waals surface area contributed by atoms with Gasteiger partial charge in [0.25, 0.3) is 5.91 Å². The molecular formula is C31H40N2O8. The molecule has 222 valence electrons. The Hall–Kier alpha value is -3.63. The van der Waals surface area contributed by atoms with E-state index in [4.69, 9.17) is 19.3 Å². The van der Waals surface area contributed by atoms with Crippen LogP contribution >= 0.6 is 0 Å². The van der Waals surface area contributed by atoms with Crippen molar-refractivity contribution < 1.29 is 38.8 Å². The lowest BCUT2D eigenvalue weighted by atomic mass is 9.92. The molecule has 1 unspecified atom stereocenters. The number of rotatable bonds is 10. The molecule has 10 heteroatoms. The number of ether oxygens (including phenoxy) is 3. The van der Waals surface area contributed by atoms with E-state index in [1.54, 1.807) is 30.1 Å². The number of carboxylic acid groups (broad SMARTS) is 1. The highest BCUT2D eigenvalue weighted by molar-refractivity contribution is 6.00. The second kappa shape index (κ2) is 12.9. The van der Waals surface area contributed by atoms with Crippen molar-refractivity contribution in [1.29, 1.82) is 0 Å². The molecule has 2 amide bonds. The summed E-state index contributed by atoms with van der Waals surface area (Å²) in [4.78, 5) is 42.1. The summed E-state index contributed by atoms with van der Waals surface area (Å²) in [5, 5.41) is 19.2. The molecule has 10 nitrogen and oxygen atoms in total. The number of para-hydroxylation sites is 1. The van der Waals surface area contributed by atoms with E-state index < -0.39 is 23.6 Å². The molecule has 2 aromatic carbocycles. The number of hydrogen-bond donors (Lipinski definition) is 2. The molecule has 2 aliphatic rings. The second-order valence-electron chi connectivity index (χ2n) is 11.6. The largest absolute Gasteiger partial charge is 0.497 e. The lowest BCUT2D eigenvalue weighted by Crippen LogP contribution is -2.47. The molecular weight excluding hydrogens is 528 g/mol. The van der Waals surface area contributed by atoms with Crippen LogP contribution in [0, 0.1) is 11.3 Å². The van der Waals surface area contributed by atoms with E-state index in [-0.39, 0.29) is 43.7 Å². The zero-order chi connectivity index (χ0) is 29.7. The maximum atomic E-state index is 14.2. The van der Waals surface area contributed by atoms with Gasteiger partial charge in [-0.1, -0.05) is 32.0 Å². The number of aliphatic hydroxyl groups excluding tert-OH is 1. The van der Waals surface area contributed by atoms with Gasteiger partial charge in [0.2, 0.25) is 5.91 Å². The van der Waals surface area contributed by atoms with Crippen molar-refractivity contribution >= 4 is 23.5 Å². The smallest absolute Gasteiger partial charge is 0.303 e. The Morgan fingerprint density at radius 3 is 2.24 bits per heavy atom. The molecule has 0 spiro atoms. The minimum absolute atomic E-state index is 0.0328. The van der Waals surface area contributed by atoms with Crippen LogP contribution in [-0.4, -0.2) is 79.5 Å². The van der Waals surface area contributed by atoms with Crippen molar-refractivity contribution in [2.45, 2.75) is 51.7 Å². The highest BCUT2D eigenvalue weighted by Gasteiger charge is 2.40. The van der Waals surface area contributed by atoms with Gasteiger partial charge in [-0.15, -0.1) is 0 Å². The van der Waals surface area contributed by atoms with Crippen LogP contribution in [-0.2, 0) is 19.1 Å². The molecule has 2 N–H and O–H groups in total. The number of piperidine rings is 1. The van der Waals surface area contributed by atoms with Crippen molar-refractivity contribution in [2.24, 2.45) is 11.3 Å². The first-order valence-corrected chi connectivity index (χ1v) is 13.9. The number of carboxylic acids is 1. The average molecular weight is 569 g/mol. The number of nitrogens with zero attached hydrogens (tertiary/aromatic N) is 2. The number of carbonyl (C=O) groups excluding carboxylic acids is 2. The molecule has 0 saturated carbocycles. The second-order valence-corrected chi connectivity index (χ2v) is 11.6. The first-order valence-electron chi connectivity index (χ1n) is 13.9. The van der Waals surface area contributed by atoms with E-state index in [2.05, 4.69) is 0 Å². The van der Waals surface area contributed by atoms with Gasteiger partial charge in [-0.05, 0) is 42.5 Å². The van der Waals surface area contributed by atoms with E-state index >= 15 is 0 Å². The molecule has 1 saturated heterocycles. The van der Waals surface area contributed by atoms with Crippen molar-refractivity contribution in [3.63, 3.8) is 0 Å². The van der Waals surface area contributed by atoms with Gasteiger partial charge < -0.3 is 34.2 Å². The minimum atomic E-state index is -1.09. The van der Waals surface area contributed by atoms with Crippen molar-refractivity contribution in [1.82, 2.24) is 4.90 Å². The van der Waals surface area contributed by atoms with Gasteiger partial charge in [0.1, 0.15) is 23.7 Å². The molecule has 4 rings (SSSR count). The number of methoxy groups -OCH3 is 2. The van der Waals surface area contributed by atoms with Gasteiger partial charge in [0.15, 0.2) is 0 Å². The number of amides is 2. The van der Waals surface area contributed by atoms with Gasteiger partial charge in [-0.2, -0.15) is 0 Å². The van der Waals surface area contributed by atoms with Crippen LogP contribution in [0.1, 0.15) is 56.8 Å². The van der Waals surface area contributed by atoms with Crippen molar-refractivity contribution in [3.8, 4) is 11.5 Å². The van der Waals surface area contributed by atoms with Gasteiger partial charge in [-0.25, -0.2) is 0 Å². The summed E-state index contributed by atoms with van der Waals surface area (Å²) in [5.74, 6) is -0.252. The molecule has 0 aliphatic carbocycles. The van der Waals surface area contributed by atoms with E-state index in [9.17, 15) is 19.5 Å². The van der Waals surface area contributed by atoms with Crippen LogP contribution in [0.2, 0.25) is 0 Å². The summed E-state index contributed by atoms with van der Waals surface area (Å²) in [6.07, 6.45) is -0.669. The fourth-order valence-corrected chi connectivity index (χ4v) is 5.48. The number of likely N-dealkylation sites (tertiary alicyclic amines) is 1. The highest BCUT2D eigenvalue weighted by Crippen LogP contribution is 2.41. The van der Waals surface area contributed by atoms with E-state index in [0.717, 1.165) is 5.56 Å². The number of aliphatic hydroxyl groups is 1. The van der Waals surface area contributed by atoms with Gasteiger partial charge in [0, 0.05) is 55.4 Å². The Morgan fingerprint density at radius 2 is 1.66 bits per heavy atom. The maximum Gasteiger partial charge on any atom is 0.303 e. The topological polar surface area (TPSA) is 126 Å². The van der Waals surface area contributed by atoms with Crippen LogP contribution in [0.5, 0.6) is 11.5 Å². The van der Waals surface area contributed by atoms with Crippen molar-refractivity contribution in [3.05, 3.63) is 53.6 Å². The Bertz CT molecular complexity index is 1230. The summed E-state index contributed by atoms with van der Waals surface area (Å²) in [5.41, 5.74) is 1.49. The lowest BCUT2D eigenvalue weighted by Gasteiger charge is -2.34. The zero-order valence-corrected chi connectivity index (χ0v) is 24.2. The molecule has 41 heavy (non-hydrogen) atoms. The lowest BCUT2D eigenvalue weighted by molar-refractivity contribution is -0.144. The number of anilines is 1. The number of benzene rings is 2. The highest BCUT2D eigenvalue weighted by atomic mass is 16.5. The third-order valence-electron chi connectivity index (χ3n) is 7.83. The number of aliphatic carboxylic acids is 1. The van der Waals surface area contributed by atoms with E-state index in [1.807, 2.05) is 50.2 Å². The Labute approximate surface area is 240 Å². The fraction of sp³-hybridized carbons (Fsp3) is 0.516. The number of hydrogen-bond acceptors (Lipinski definition) is 7. The molecule has 2 aliphatic heterocycles. The van der Waals surface area contributed by atoms with Crippen molar-refractivity contribution in [2.75, 3.05) is 45.4 Å². The third-order valence-corrected chi connectivity index (χ3v) is 7.83. The third kappa shape index (κ3) is 7.18. The summed E-state index contributed by atoms with van der Waals surface area (Å²) >= 11 is 0. The minimum Gasteiger partial charge on any atom is -0.497 e. The Morgan fingerprint density at radius 1 is 1.02 bits per heavy atom. The van der Waals surface area contributed by atoms with Crippen LogP contribution < -0.4 is 14.4 Å². The molecule has 0 radical (unpaired) electrons. The SMILES string of the molecule is COc1cc(OC)cc(C2O[C@H](CC(=O)N3CCC(CC(=O)O)CC3)C(=O)N(CC(C)(C)CO)c3ccccc32)c1. The molecule has 1 fully saturated rings. The van der Waals surface area contributed by atoms with Gasteiger partial charge in [-0.3, -0.25) is 14.4 Å². The molecule has 2 atom stereocenters. The Kier molecular flexibility index (Phi) is 9.55. The predicted octanol–water partition coefficient (Wildman–Crippen LogP) is 3.65. The average Bonchev–Trinajstić information content (AvgIpc) is 3.07. The van der Waals surface area contributed by atoms with Gasteiger partial charge >= 0.3 is 5.97 Å². The van der Waals surface area contributed by atoms with Crippen LogP contribution in [0.4, 0.5) is 5.69 Å². The van der Waals surface area contributed by atoms with Crippen LogP contribution in [0.25, 0.3) is 0 Å². The summed E-state index contributed by atoms with van der Waals surface area (Å²) in [7, 11) is 3.12. The first kappa shape index (κ1) is 30.3. The summed E-state index contributed by atoms with van der Waals surface area (Å²) in [6.45, 7) is 4.72. The number of carbonyl (C=O) groups is 3. The fourth-order valence-electron chi connectivity index (χ4n) is 5.48. The van der Waals surface area contributed by atoms with E-state index in [1.165, 1.54) is 0 Å². The van der Waals surface area contributed by atoms with E-state index in [0.29, 0.717) is 48.7 Å². The Balaban J connectivity index is 1.70. The molecule has 0 aromatic heterocycles. The number of fused-ring (bicyclic) bond motifs is 1. The normalized spacial score (nSPS) is 19.9. The first-order chi connectivity index (χ1) is 19.5. The summed E-state index contributed by atoms with van der Waals surface area (Å²) < 4.78 is 17.5. The molecule has 2 aromatic rings. The quantitative estimate of drug-likeness (QED) is 0.445. The van der Waals surface area contributed by atoms with Crippen LogP contribution in [0.3, 0.4) is 0 Å².